The summed E-state index contributed by atoms with van der Waals surface area (Å²) in [5.41, 5.74) is -0.930. The van der Waals surface area contributed by atoms with E-state index in [1.165, 1.54) is 0 Å². The smallest absolute Gasteiger partial charge is 0.354 e. The van der Waals surface area contributed by atoms with E-state index < -0.39 is 11.9 Å². The Bertz CT molecular complexity index is 357. The van der Waals surface area contributed by atoms with E-state index in [-0.39, 0.29) is 5.95 Å². The van der Waals surface area contributed by atoms with Crippen molar-refractivity contribution >= 4 is 21.9 Å². The number of anilines is 1. The maximum atomic E-state index is 12.3. The van der Waals surface area contributed by atoms with Crippen molar-refractivity contribution in [2.45, 2.75) is 30.8 Å². The van der Waals surface area contributed by atoms with Gasteiger partial charge in [-0.1, -0.05) is 22.9 Å². The summed E-state index contributed by atoms with van der Waals surface area (Å²) in [6.07, 6.45) is -1.56. The molecular weight excluding hydrogens is 299 g/mol. The second kappa shape index (κ2) is 6.18. The largest absolute Gasteiger partial charge is 0.433 e. The van der Waals surface area contributed by atoms with Crippen LogP contribution in [0, 0.1) is 0 Å². The standard InChI is InChI=1S/C10H13BrF3N3/c1-2-7(11)3-5-15-9-16-6-4-8(17-9)10(12,13)14/h4,6-7H,2-3,5H2,1H3,(H,15,16,17). The molecule has 0 aliphatic rings. The predicted octanol–water partition coefficient (Wildman–Crippen LogP) is 3.47. The first-order valence-corrected chi connectivity index (χ1v) is 6.13. The topological polar surface area (TPSA) is 37.8 Å². The van der Waals surface area contributed by atoms with Gasteiger partial charge in [-0.3, -0.25) is 0 Å². The Morgan fingerprint density at radius 1 is 1.47 bits per heavy atom. The molecule has 17 heavy (non-hydrogen) atoms. The minimum absolute atomic E-state index is 0.00984. The normalized spacial score (nSPS) is 13.5. The monoisotopic (exact) mass is 311 g/mol. The van der Waals surface area contributed by atoms with Crippen LogP contribution >= 0.6 is 15.9 Å². The average molecular weight is 312 g/mol. The second-order valence-electron chi connectivity index (χ2n) is 3.48. The van der Waals surface area contributed by atoms with Crippen molar-refractivity contribution < 1.29 is 13.2 Å². The molecule has 0 saturated carbocycles. The molecule has 0 aliphatic carbocycles. The summed E-state index contributed by atoms with van der Waals surface area (Å²) < 4.78 is 37.0. The van der Waals surface area contributed by atoms with E-state index in [1.54, 1.807) is 0 Å². The Labute approximate surface area is 106 Å². The fourth-order valence-electron chi connectivity index (χ4n) is 1.15. The van der Waals surface area contributed by atoms with Gasteiger partial charge in [-0.25, -0.2) is 9.97 Å². The third-order valence-corrected chi connectivity index (χ3v) is 3.23. The van der Waals surface area contributed by atoms with E-state index in [0.29, 0.717) is 11.4 Å². The molecule has 1 atom stereocenters. The minimum atomic E-state index is -4.43. The van der Waals surface area contributed by atoms with Crippen LogP contribution in [0.4, 0.5) is 19.1 Å². The van der Waals surface area contributed by atoms with E-state index in [1.807, 2.05) is 6.92 Å². The van der Waals surface area contributed by atoms with Crippen LogP contribution in [0.5, 0.6) is 0 Å². The van der Waals surface area contributed by atoms with Crippen molar-refractivity contribution in [3.8, 4) is 0 Å². The molecule has 0 radical (unpaired) electrons. The van der Waals surface area contributed by atoms with Crippen molar-refractivity contribution in [3.05, 3.63) is 18.0 Å². The number of aromatic nitrogens is 2. The minimum Gasteiger partial charge on any atom is -0.354 e. The average Bonchev–Trinajstić information content (AvgIpc) is 2.28. The first-order chi connectivity index (χ1) is 7.93. The first kappa shape index (κ1) is 14.2. The zero-order valence-corrected chi connectivity index (χ0v) is 10.8. The number of rotatable bonds is 5. The molecule has 7 heteroatoms. The molecule has 0 bridgehead atoms. The number of halogens is 4. The van der Waals surface area contributed by atoms with E-state index in [0.717, 1.165) is 25.1 Å². The first-order valence-electron chi connectivity index (χ1n) is 5.21. The van der Waals surface area contributed by atoms with Gasteiger partial charge >= 0.3 is 6.18 Å². The van der Waals surface area contributed by atoms with Crippen LogP contribution in [0.3, 0.4) is 0 Å². The highest BCUT2D eigenvalue weighted by atomic mass is 79.9. The lowest BCUT2D eigenvalue weighted by molar-refractivity contribution is -0.141. The van der Waals surface area contributed by atoms with Crippen LogP contribution in [0.2, 0.25) is 0 Å². The van der Waals surface area contributed by atoms with Gasteiger partial charge in [-0.2, -0.15) is 13.2 Å². The Balaban J connectivity index is 2.55. The molecule has 0 amide bonds. The summed E-state index contributed by atoms with van der Waals surface area (Å²) in [5, 5.41) is 2.77. The molecule has 96 valence electrons. The molecule has 1 aromatic rings. The molecule has 0 saturated heterocycles. The lowest BCUT2D eigenvalue weighted by Gasteiger charge is -2.10. The summed E-state index contributed by atoms with van der Waals surface area (Å²) in [5.74, 6) is 0.00984. The highest BCUT2D eigenvalue weighted by Crippen LogP contribution is 2.27. The van der Waals surface area contributed by atoms with Crippen LogP contribution in [0.1, 0.15) is 25.5 Å². The summed E-state index contributed by atoms with van der Waals surface area (Å²) in [6, 6.07) is 0.852. The van der Waals surface area contributed by atoms with E-state index in [9.17, 15) is 13.2 Å². The lowest BCUT2D eigenvalue weighted by Crippen LogP contribution is -2.13. The van der Waals surface area contributed by atoms with Gasteiger partial charge in [0.1, 0.15) is 5.69 Å². The van der Waals surface area contributed by atoms with Gasteiger partial charge in [0, 0.05) is 17.6 Å². The molecule has 0 fully saturated rings. The summed E-state index contributed by atoms with van der Waals surface area (Å²) in [7, 11) is 0. The molecule has 1 aromatic heterocycles. The zero-order valence-electron chi connectivity index (χ0n) is 9.26. The molecule has 1 heterocycles. The maximum absolute atomic E-state index is 12.3. The third kappa shape index (κ3) is 4.89. The summed E-state index contributed by atoms with van der Waals surface area (Å²) >= 11 is 3.44. The van der Waals surface area contributed by atoms with Crippen LogP contribution < -0.4 is 5.32 Å². The fourth-order valence-corrected chi connectivity index (χ4v) is 1.38. The Hall–Kier alpha value is -0.850. The van der Waals surface area contributed by atoms with E-state index >= 15 is 0 Å². The van der Waals surface area contributed by atoms with Gasteiger partial charge in [-0.15, -0.1) is 0 Å². The lowest BCUT2D eigenvalue weighted by atomic mass is 10.2. The summed E-state index contributed by atoms with van der Waals surface area (Å²) in [6.45, 7) is 2.56. The van der Waals surface area contributed by atoms with Crippen molar-refractivity contribution in [2.75, 3.05) is 11.9 Å². The predicted molar refractivity (Wildman–Crippen MR) is 63.1 cm³/mol. The van der Waals surface area contributed by atoms with E-state index in [4.69, 9.17) is 0 Å². The number of hydrogen-bond acceptors (Lipinski definition) is 3. The summed E-state index contributed by atoms with van der Waals surface area (Å²) in [4.78, 5) is 7.49. The second-order valence-corrected chi connectivity index (χ2v) is 4.78. The quantitative estimate of drug-likeness (QED) is 0.846. The Morgan fingerprint density at radius 2 is 2.18 bits per heavy atom. The molecule has 1 rings (SSSR count). The molecule has 0 spiro atoms. The number of nitrogens with zero attached hydrogens (tertiary/aromatic N) is 2. The van der Waals surface area contributed by atoms with Crippen molar-refractivity contribution in [3.63, 3.8) is 0 Å². The number of alkyl halides is 4. The van der Waals surface area contributed by atoms with Gasteiger partial charge < -0.3 is 5.32 Å². The highest BCUT2D eigenvalue weighted by Gasteiger charge is 2.32. The SMILES string of the molecule is CCC(Br)CCNc1nccc(C(F)(F)F)n1. The van der Waals surface area contributed by atoms with Crippen LogP contribution in [0.15, 0.2) is 12.3 Å². The molecular formula is C10H13BrF3N3. The van der Waals surface area contributed by atoms with Crippen molar-refractivity contribution in [1.29, 1.82) is 0 Å². The van der Waals surface area contributed by atoms with Crippen molar-refractivity contribution in [2.24, 2.45) is 0 Å². The van der Waals surface area contributed by atoms with Crippen LogP contribution in [-0.4, -0.2) is 21.3 Å². The molecule has 0 aromatic carbocycles. The fraction of sp³-hybridized carbons (Fsp3) is 0.600. The third-order valence-electron chi connectivity index (χ3n) is 2.13. The van der Waals surface area contributed by atoms with E-state index in [2.05, 4.69) is 31.2 Å². The molecule has 1 N–H and O–H groups in total. The van der Waals surface area contributed by atoms with Gasteiger partial charge in [0.25, 0.3) is 0 Å². The van der Waals surface area contributed by atoms with Crippen LogP contribution in [0.25, 0.3) is 0 Å². The Morgan fingerprint density at radius 3 is 2.76 bits per heavy atom. The Kier molecular flexibility index (Phi) is 5.17. The van der Waals surface area contributed by atoms with Gasteiger partial charge in [-0.05, 0) is 18.9 Å². The van der Waals surface area contributed by atoms with Gasteiger partial charge in [0.2, 0.25) is 5.95 Å². The maximum Gasteiger partial charge on any atom is 0.433 e. The number of nitrogens with one attached hydrogen (secondary N) is 1. The molecule has 1 unspecified atom stereocenters. The molecule has 3 nitrogen and oxygen atoms in total. The van der Waals surface area contributed by atoms with Gasteiger partial charge in [0.05, 0.1) is 0 Å². The van der Waals surface area contributed by atoms with Crippen molar-refractivity contribution in [1.82, 2.24) is 9.97 Å². The van der Waals surface area contributed by atoms with Gasteiger partial charge in [0.15, 0.2) is 0 Å². The zero-order chi connectivity index (χ0) is 12.9. The highest BCUT2D eigenvalue weighted by molar-refractivity contribution is 9.09. The number of hydrogen-bond donors (Lipinski definition) is 1. The van der Waals surface area contributed by atoms with Crippen LogP contribution in [-0.2, 0) is 6.18 Å². The molecule has 0 aliphatic heterocycles.